The third kappa shape index (κ3) is 5.70. The predicted molar refractivity (Wildman–Crippen MR) is 102 cm³/mol. The van der Waals surface area contributed by atoms with Crippen molar-refractivity contribution < 1.29 is 28.9 Å². The van der Waals surface area contributed by atoms with Gasteiger partial charge in [-0.15, -0.1) is 0 Å². The first kappa shape index (κ1) is 21.2. The predicted octanol–water partition coefficient (Wildman–Crippen LogP) is 1.27. The molecular weight excluding hydrogens is 364 g/mol. The van der Waals surface area contributed by atoms with E-state index in [4.69, 9.17) is 16.2 Å². The summed E-state index contributed by atoms with van der Waals surface area (Å²) in [5.74, 6) is -0.329. The number of ether oxygens (including phenoxy) is 3. The van der Waals surface area contributed by atoms with E-state index in [1.807, 2.05) is 0 Å². The lowest BCUT2D eigenvalue weighted by Gasteiger charge is -2.13. The van der Waals surface area contributed by atoms with Gasteiger partial charge in [0, 0.05) is 0 Å². The molecule has 0 spiro atoms. The van der Waals surface area contributed by atoms with Crippen molar-refractivity contribution in [2.45, 2.75) is 24.9 Å². The number of hydrogen-bond acceptors (Lipinski definition) is 8. The average molecular weight is 388 g/mol. The first-order chi connectivity index (χ1) is 13.3. The fourth-order valence-corrected chi connectivity index (χ4v) is 2.57. The molecule has 0 bridgehead atoms. The van der Waals surface area contributed by atoms with Crippen molar-refractivity contribution in [1.29, 1.82) is 0 Å². The number of esters is 2. The fourth-order valence-electron chi connectivity index (χ4n) is 2.57. The lowest BCUT2D eigenvalue weighted by molar-refractivity contribution is -0.142. The molecule has 0 radical (unpaired) electrons. The van der Waals surface area contributed by atoms with Crippen LogP contribution in [0.4, 0.5) is 0 Å². The number of nitrogens with two attached hydrogens (primary N) is 2. The van der Waals surface area contributed by atoms with Crippen LogP contribution >= 0.6 is 0 Å². The van der Waals surface area contributed by atoms with Crippen molar-refractivity contribution in [1.82, 2.24) is 0 Å². The summed E-state index contributed by atoms with van der Waals surface area (Å²) in [6, 6.07) is 10.1. The van der Waals surface area contributed by atoms with Gasteiger partial charge in [-0.3, -0.25) is 9.59 Å². The van der Waals surface area contributed by atoms with Crippen LogP contribution in [-0.4, -0.2) is 43.3 Å². The smallest absolute Gasteiger partial charge is 0.322 e. The van der Waals surface area contributed by atoms with E-state index in [0.29, 0.717) is 17.7 Å². The van der Waals surface area contributed by atoms with Gasteiger partial charge in [0.25, 0.3) is 0 Å². The second kappa shape index (κ2) is 9.72. The Kier molecular flexibility index (Phi) is 7.36. The Morgan fingerprint density at radius 1 is 0.893 bits per heavy atom. The molecule has 2 unspecified atom stereocenters. The molecule has 0 fully saturated rings. The molecule has 0 amide bonds. The van der Waals surface area contributed by atoms with Crippen molar-refractivity contribution >= 4 is 11.9 Å². The molecule has 0 heterocycles. The molecule has 28 heavy (non-hydrogen) atoms. The van der Waals surface area contributed by atoms with E-state index in [0.717, 1.165) is 5.56 Å². The zero-order valence-electron chi connectivity index (χ0n) is 15.8. The number of phenolic OH excluding ortho intramolecular Hbond substituents is 1. The Labute approximate surface area is 163 Å². The zero-order valence-corrected chi connectivity index (χ0v) is 15.8. The van der Waals surface area contributed by atoms with Gasteiger partial charge in [0.05, 0.1) is 14.2 Å². The molecule has 2 atom stereocenters. The van der Waals surface area contributed by atoms with Crippen molar-refractivity contribution in [3.63, 3.8) is 0 Å². The Balaban J connectivity index is 2.07. The third-order valence-electron chi connectivity index (χ3n) is 4.09. The SMILES string of the molecule is COC(=O)C(N)Cc1ccc(Oc2cc(CC(N)C(=O)OC)ccc2O)cc1. The van der Waals surface area contributed by atoms with Crippen LogP contribution in [-0.2, 0) is 31.9 Å². The minimum atomic E-state index is -0.805. The van der Waals surface area contributed by atoms with E-state index in [9.17, 15) is 14.7 Å². The van der Waals surface area contributed by atoms with Crippen molar-refractivity contribution in [2.24, 2.45) is 11.5 Å². The van der Waals surface area contributed by atoms with Gasteiger partial charge in [0.15, 0.2) is 11.5 Å². The minimum absolute atomic E-state index is 0.0489. The van der Waals surface area contributed by atoms with Gasteiger partial charge in [-0.25, -0.2) is 0 Å². The third-order valence-corrected chi connectivity index (χ3v) is 4.09. The molecule has 150 valence electrons. The van der Waals surface area contributed by atoms with Crippen molar-refractivity contribution in [3.8, 4) is 17.2 Å². The number of benzene rings is 2. The summed E-state index contributed by atoms with van der Waals surface area (Å²) in [6.07, 6.45) is 0.576. The standard InChI is InChI=1S/C20H24N2O6/c1-26-19(24)15(21)9-12-3-6-14(7-4-12)28-18-11-13(5-8-17(18)23)10-16(22)20(25)27-2/h3-8,11,15-16,23H,9-10,21-22H2,1-2H3. The normalized spacial score (nSPS) is 12.7. The minimum Gasteiger partial charge on any atom is -0.504 e. The molecule has 2 rings (SSSR count). The quantitative estimate of drug-likeness (QED) is 0.576. The Morgan fingerprint density at radius 2 is 1.39 bits per heavy atom. The van der Waals surface area contributed by atoms with Crippen molar-refractivity contribution in [3.05, 3.63) is 53.6 Å². The molecular formula is C20H24N2O6. The van der Waals surface area contributed by atoms with Gasteiger partial charge in [-0.2, -0.15) is 0 Å². The van der Waals surface area contributed by atoms with Crippen LogP contribution in [0.3, 0.4) is 0 Å². The van der Waals surface area contributed by atoms with Gasteiger partial charge in [-0.05, 0) is 48.2 Å². The summed E-state index contributed by atoms with van der Waals surface area (Å²) in [5.41, 5.74) is 13.1. The number of carbonyl (C=O) groups excluding carboxylic acids is 2. The Hall–Kier alpha value is -3.10. The van der Waals surface area contributed by atoms with Gasteiger partial charge in [0.2, 0.25) is 0 Å². The number of aromatic hydroxyl groups is 1. The number of phenols is 1. The maximum Gasteiger partial charge on any atom is 0.322 e. The van der Waals surface area contributed by atoms with E-state index < -0.39 is 24.0 Å². The van der Waals surface area contributed by atoms with Crippen LogP contribution in [0.1, 0.15) is 11.1 Å². The Bertz CT molecular complexity index is 822. The highest BCUT2D eigenvalue weighted by molar-refractivity contribution is 5.76. The van der Waals surface area contributed by atoms with E-state index in [1.54, 1.807) is 36.4 Å². The first-order valence-corrected chi connectivity index (χ1v) is 8.59. The summed E-state index contributed by atoms with van der Waals surface area (Å²) in [6.45, 7) is 0. The monoisotopic (exact) mass is 388 g/mol. The van der Waals surface area contributed by atoms with E-state index in [-0.39, 0.29) is 17.9 Å². The van der Waals surface area contributed by atoms with Crippen LogP contribution < -0.4 is 16.2 Å². The molecule has 8 nitrogen and oxygen atoms in total. The Morgan fingerprint density at radius 3 is 1.93 bits per heavy atom. The molecule has 0 aliphatic rings. The summed E-state index contributed by atoms with van der Waals surface area (Å²) in [4.78, 5) is 22.9. The molecule has 2 aromatic rings. The second-order valence-electron chi connectivity index (χ2n) is 6.22. The molecule has 0 saturated heterocycles. The number of methoxy groups -OCH3 is 2. The molecule has 0 aliphatic heterocycles. The maximum atomic E-state index is 11.5. The van der Waals surface area contributed by atoms with E-state index in [2.05, 4.69) is 9.47 Å². The van der Waals surface area contributed by atoms with E-state index in [1.165, 1.54) is 20.3 Å². The lowest BCUT2D eigenvalue weighted by atomic mass is 10.1. The van der Waals surface area contributed by atoms with Crippen molar-refractivity contribution in [2.75, 3.05) is 14.2 Å². The lowest BCUT2D eigenvalue weighted by Crippen LogP contribution is -2.33. The summed E-state index contributed by atoms with van der Waals surface area (Å²) in [5, 5.41) is 10.0. The summed E-state index contributed by atoms with van der Waals surface area (Å²) in [7, 11) is 2.56. The molecule has 0 saturated carbocycles. The molecule has 2 aromatic carbocycles. The highest BCUT2D eigenvalue weighted by Crippen LogP contribution is 2.32. The second-order valence-corrected chi connectivity index (χ2v) is 6.22. The maximum absolute atomic E-state index is 11.5. The van der Waals surface area contributed by atoms with Crippen LogP contribution in [0.2, 0.25) is 0 Å². The summed E-state index contributed by atoms with van der Waals surface area (Å²) < 4.78 is 14.9. The van der Waals surface area contributed by atoms with Crippen LogP contribution in [0.5, 0.6) is 17.2 Å². The highest BCUT2D eigenvalue weighted by Gasteiger charge is 2.16. The highest BCUT2D eigenvalue weighted by atomic mass is 16.5. The largest absolute Gasteiger partial charge is 0.504 e. The van der Waals surface area contributed by atoms with Gasteiger partial charge < -0.3 is 30.8 Å². The average Bonchev–Trinajstić information content (AvgIpc) is 2.70. The molecule has 0 aromatic heterocycles. The molecule has 0 aliphatic carbocycles. The first-order valence-electron chi connectivity index (χ1n) is 8.59. The number of hydrogen-bond donors (Lipinski definition) is 3. The van der Waals surface area contributed by atoms with E-state index >= 15 is 0 Å². The van der Waals surface area contributed by atoms with Gasteiger partial charge in [-0.1, -0.05) is 18.2 Å². The van der Waals surface area contributed by atoms with Gasteiger partial charge in [0.1, 0.15) is 17.8 Å². The number of carbonyl (C=O) groups is 2. The van der Waals surface area contributed by atoms with Crippen LogP contribution in [0.25, 0.3) is 0 Å². The van der Waals surface area contributed by atoms with Gasteiger partial charge >= 0.3 is 11.9 Å². The number of rotatable bonds is 8. The molecule has 5 N–H and O–H groups in total. The molecule has 8 heteroatoms. The zero-order chi connectivity index (χ0) is 20.7. The van der Waals surface area contributed by atoms with Crippen LogP contribution in [0.15, 0.2) is 42.5 Å². The fraction of sp³-hybridized carbons (Fsp3) is 0.300. The summed E-state index contributed by atoms with van der Waals surface area (Å²) >= 11 is 0. The topological polar surface area (TPSA) is 134 Å². The van der Waals surface area contributed by atoms with Crippen LogP contribution in [0, 0.1) is 0 Å².